The van der Waals surface area contributed by atoms with Crippen molar-refractivity contribution in [3.8, 4) is 5.75 Å². The van der Waals surface area contributed by atoms with Crippen LogP contribution in [-0.4, -0.2) is 44.0 Å². The first-order valence-corrected chi connectivity index (χ1v) is 10.7. The summed E-state index contributed by atoms with van der Waals surface area (Å²) >= 11 is 0. The van der Waals surface area contributed by atoms with Crippen molar-refractivity contribution < 1.29 is 19.1 Å². The molecule has 0 aromatic heterocycles. The number of ether oxygens (including phenoxy) is 1. The number of carbonyl (C=O) groups excluding carboxylic acids is 3. The molecule has 32 heavy (non-hydrogen) atoms. The maximum absolute atomic E-state index is 12.6. The third-order valence-electron chi connectivity index (χ3n) is 5.15. The van der Waals surface area contributed by atoms with E-state index in [9.17, 15) is 14.4 Å². The second-order valence-corrected chi connectivity index (χ2v) is 7.59. The lowest BCUT2D eigenvalue weighted by Gasteiger charge is -2.22. The lowest BCUT2D eigenvalue weighted by molar-refractivity contribution is -0.124. The Morgan fingerprint density at radius 1 is 0.844 bits per heavy atom. The lowest BCUT2D eigenvalue weighted by Crippen LogP contribution is -2.54. The predicted octanol–water partition coefficient (Wildman–Crippen LogP) is 2.76. The molecule has 0 radical (unpaired) electrons. The first-order chi connectivity index (χ1) is 15.3. The van der Waals surface area contributed by atoms with Crippen LogP contribution in [0.4, 0.5) is 5.69 Å². The van der Waals surface area contributed by atoms with Gasteiger partial charge in [0.2, 0.25) is 0 Å². The Bertz CT molecular complexity index is 907. The SMILES string of the molecule is CCN(CC)c1ccc(C(=O)NNC(=O)[C@@H](NC(=O)c2ccc(OC)cc2)C(C)C)cc1. The highest BCUT2D eigenvalue weighted by molar-refractivity contribution is 5.99. The summed E-state index contributed by atoms with van der Waals surface area (Å²) < 4.78 is 5.09. The number of nitrogens with one attached hydrogen (secondary N) is 3. The highest BCUT2D eigenvalue weighted by Gasteiger charge is 2.25. The van der Waals surface area contributed by atoms with E-state index < -0.39 is 17.9 Å². The van der Waals surface area contributed by atoms with Gasteiger partial charge in [-0.05, 0) is 68.3 Å². The minimum atomic E-state index is -0.824. The summed E-state index contributed by atoms with van der Waals surface area (Å²) in [6, 6.07) is 12.9. The van der Waals surface area contributed by atoms with Crippen molar-refractivity contribution >= 4 is 23.4 Å². The molecule has 172 valence electrons. The Labute approximate surface area is 189 Å². The van der Waals surface area contributed by atoms with Crippen molar-refractivity contribution in [2.75, 3.05) is 25.1 Å². The quantitative estimate of drug-likeness (QED) is 0.521. The molecule has 2 aromatic rings. The number of anilines is 1. The Morgan fingerprint density at radius 3 is 1.88 bits per heavy atom. The van der Waals surface area contributed by atoms with Gasteiger partial charge in [-0.2, -0.15) is 0 Å². The van der Waals surface area contributed by atoms with E-state index in [1.54, 1.807) is 43.5 Å². The van der Waals surface area contributed by atoms with Crippen molar-refractivity contribution in [2.45, 2.75) is 33.7 Å². The van der Waals surface area contributed by atoms with Gasteiger partial charge in [0.1, 0.15) is 11.8 Å². The van der Waals surface area contributed by atoms with Crippen LogP contribution in [0.2, 0.25) is 0 Å². The zero-order valence-corrected chi connectivity index (χ0v) is 19.3. The molecule has 0 aliphatic rings. The van der Waals surface area contributed by atoms with E-state index in [2.05, 4.69) is 34.9 Å². The normalized spacial score (nSPS) is 11.4. The summed E-state index contributed by atoms with van der Waals surface area (Å²) in [7, 11) is 1.54. The van der Waals surface area contributed by atoms with E-state index in [4.69, 9.17) is 4.74 Å². The molecule has 0 fully saturated rings. The predicted molar refractivity (Wildman–Crippen MR) is 125 cm³/mol. The first-order valence-electron chi connectivity index (χ1n) is 10.7. The van der Waals surface area contributed by atoms with Gasteiger partial charge >= 0.3 is 0 Å². The van der Waals surface area contributed by atoms with Gasteiger partial charge in [0.15, 0.2) is 0 Å². The molecule has 0 heterocycles. The minimum Gasteiger partial charge on any atom is -0.497 e. The van der Waals surface area contributed by atoms with Crippen LogP contribution >= 0.6 is 0 Å². The molecule has 2 rings (SSSR count). The van der Waals surface area contributed by atoms with Crippen LogP contribution in [0.3, 0.4) is 0 Å². The Kier molecular flexibility index (Phi) is 9.07. The van der Waals surface area contributed by atoms with Crippen LogP contribution in [0.5, 0.6) is 5.75 Å². The van der Waals surface area contributed by atoms with Gasteiger partial charge in [-0.1, -0.05) is 13.8 Å². The zero-order valence-electron chi connectivity index (χ0n) is 19.3. The molecule has 2 aromatic carbocycles. The van der Waals surface area contributed by atoms with Crippen molar-refractivity contribution in [3.63, 3.8) is 0 Å². The summed E-state index contributed by atoms with van der Waals surface area (Å²) in [4.78, 5) is 39.8. The maximum Gasteiger partial charge on any atom is 0.269 e. The summed E-state index contributed by atoms with van der Waals surface area (Å²) in [6.07, 6.45) is 0. The van der Waals surface area contributed by atoms with E-state index >= 15 is 0 Å². The van der Waals surface area contributed by atoms with Gasteiger partial charge in [-0.15, -0.1) is 0 Å². The molecule has 0 saturated heterocycles. The molecule has 8 nitrogen and oxygen atoms in total. The topological polar surface area (TPSA) is 99.8 Å². The maximum atomic E-state index is 12.6. The third-order valence-corrected chi connectivity index (χ3v) is 5.15. The lowest BCUT2D eigenvalue weighted by atomic mass is 10.0. The van der Waals surface area contributed by atoms with E-state index in [0.717, 1.165) is 18.8 Å². The fourth-order valence-electron chi connectivity index (χ4n) is 3.18. The fraction of sp³-hybridized carbons (Fsp3) is 0.375. The second kappa shape index (κ2) is 11.7. The van der Waals surface area contributed by atoms with Crippen molar-refractivity contribution in [3.05, 3.63) is 59.7 Å². The van der Waals surface area contributed by atoms with Crippen LogP contribution in [0, 0.1) is 5.92 Å². The summed E-state index contributed by atoms with van der Waals surface area (Å²) in [5.74, 6) is -0.891. The monoisotopic (exact) mass is 440 g/mol. The molecule has 1 atom stereocenters. The van der Waals surface area contributed by atoms with E-state index in [1.165, 1.54) is 0 Å². The molecular formula is C24H32N4O4. The van der Waals surface area contributed by atoms with E-state index in [-0.39, 0.29) is 11.8 Å². The molecular weight excluding hydrogens is 408 g/mol. The van der Waals surface area contributed by atoms with Crippen LogP contribution in [-0.2, 0) is 4.79 Å². The number of hydrazine groups is 1. The molecule has 8 heteroatoms. The highest BCUT2D eigenvalue weighted by Crippen LogP contribution is 2.15. The standard InChI is InChI=1S/C24H32N4O4/c1-6-28(7-2)19-12-8-18(9-13-19)23(30)26-27-24(31)21(16(3)4)25-22(29)17-10-14-20(32-5)15-11-17/h8-16,21H,6-7H2,1-5H3,(H,25,29)(H,26,30)(H,27,31)/t21-/m0/s1. The number of amides is 3. The Balaban J connectivity index is 1.97. The largest absolute Gasteiger partial charge is 0.497 e. The summed E-state index contributed by atoms with van der Waals surface area (Å²) in [6.45, 7) is 9.50. The van der Waals surface area contributed by atoms with Gasteiger partial charge in [0, 0.05) is 29.9 Å². The highest BCUT2D eigenvalue weighted by atomic mass is 16.5. The molecule has 0 unspecified atom stereocenters. The molecule has 0 aliphatic carbocycles. The second-order valence-electron chi connectivity index (χ2n) is 7.59. The molecule has 0 saturated carbocycles. The number of methoxy groups -OCH3 is 1. The summed E-state index contributed by atoms with van der Waals surface area (Å²) in [5, 5.41) is 2.72. The summed E-state index contributed by atoms with van der Waals surface area (Å²) in [5.41, 5.74) is 6.68. The van der Waals surface area contributed by atoms with Gasteiger partial charge in [0.05, 0.1) is 7.11 Å². The molecule has 3 N–H and O–H groups in total. The number of benzene rings is 2. The van der Waals surface area contributed by atoms with Crippen LogP contribution < -0.4 is 25.8 Å². The van der Waals surface area contributed by atoms with Crippen LogP contribution in [0.15, 0.2) is 48.5 Å². The average Bonchev–Trinajstić information content (AvgIpc) is 2.81. The van der Waals surface area contributed by atoms with Crippen LogP contribution in [0.25, 0.3) is 0 Å². The zero-order chi connectivity index (χ0) is 23.7. The molecule has 3 amide bonds. The molecule has 0 bridgehead atoms. The average molecular weight is 441 g/mol. The van der Waals surface area contributed by atoms with E-state index in [1.807, 2.05) is 26.0 Å². The molecule has 0 spiro atoms. The number of hydrogen-bond donors (Lipinski definition) is 3. The van der Waals surface area contributed by atoms with Gasteiger partial charge in [0.25, 0.3) is 17.7 Å². The van der Waals surface area contributed by atoms with Crippen LogP contribution in [0.1, 0.15) is 48.4 Å². The number of nitrogens with zero attached hydrogens (tertiary/aromatic N) is 1. The van der Waals surface area contributed by atoms with Crippen molar-refractivity contribution in [1.29, 1.82) is 0 Å². The fourth-order valence-corrected chi connectivity index (χ4v) is 3.18. The first kappa shape index (κ1) is 24.7. The Morgan fingerprint density at radius 2 is 1.38 bits per heavy atom. The van der Waals surface area contributed by atoms with E-state index in [0.29, 0.717) is 16.9 Å². The number of rotatable bonds is 9. The van der Waals surface area contributed by atoms with Gasteiger partial charge in [-0.25, -0.2) is 0 Å². The number of carbonyl (C=O) groups is 3. The van der Waals surface area contributed by atoms with Gasteiger partial charge < -0.3 is 15.0 Å². The number of hydrogen-bond acceptors (Lipinski definition) is 5. The van der Waals surface area contributed by atoms with Crippen molar-refractivity contribution in [1.82, 2.24) is 16.2 Å². The van der Waals surface area contributed by atoms with Gasteiger partial charge in [-0.3, -0.25) is 25.2 Å². The smallest absolute Gasteiger partial charge is 0.269 e. The third kappa shape index (κ3) is 6.47. The Hall–Kier alpha value is -3.55. The minimum absolute atomic E-state index is 0.192. The van der Waals surface area contributed by atoms with Crippen molar-refractivity contribution in [2.24, 2.45) is 5.92 Å². The molecule has 0 aliphatic heterocycles.